The van der Waals surface area contributed by atoms with Crippen LogP contribution in [0, 0.1) is 11.8 Å². The van der Waals surface area contributed by atoms with Gasteiger partial charge in [-0.3, -0.25) is 0 Å². The lowest BCUT2D eigenvalue weighted by Crippen LogP contribution is -2.42. The molecule has 0 aromatic rings. The van der Waals surface area contributed by atoms with Crippen LogP contribution in [0.5, 0.6) is 0 Å². The van der Waals surface area contributed by atoms with Gasteiger partial charge in [-0.05, 0) is 64.7 Å². The SMILES string of the molecule is CC.CC(C)(C)OC(=O)N1CCC(CC(N)C2CC2)CC1. The van der Waals surface area contributed by atoms with E-state index in [2.05, 4.69) is 0 Å². The predicted octanol–water partition coefficient (Wildman–Crippen LogP) is 3.79. The summed E-state index contributed by atoms with van der Waals surface area (Å²) in [6, 6.07) is 0.387. The van der Waals surface area contributed by atoms with Gasteiger partial charge in [-0.1, -0.05) is 13.8 Å². The van der Waals surface area contributed by atoms with E-state index in [0.717, 1.165) is 38.3 Å². The fourth-order valence-electron chi connectivity index (χ4n) is 2.78. The van der Waals surface area contributed by atoms with E-state index in [1.54, 1.807) is 0 Å². The van der Waals surface area contributed by atoms with Gasteiger partial charge in [0, 0.05) is 19.1 Å². The Balaban J connectivity index is 0.00000106. The molecule has 1 saturated carbocycles. The van der Waals surface area contributed by atoms with E-state index < -0.39 is 5.60 Å². The number of carbonyl (C=O) groups excluding carboxylic acids is 1. The van der Waals surface area contributed by atoms with Crippen molar-refractivity contribution < 1.29 is 9.53 Å². The average molecular weight is 298 g/mol. The highest BCUT2D eigenvalue weighted by Crippen LogP contribution is 2.35. The first-order chi connectivity index (χ1) is 9.85. The second kappa shape index (κ2) is 8.02. The standard InChI is InChI=1S/C15H28N2O2.C2H6/c1-15(2,3)19-14(18)17-8-6-11(7-9-17)10-13(16)12-4-5-12;1-2/h11-13H,4-10,16H2,1-3H3;1-2H3. The van der Waals surface area contributed by atoms with Crippen LogP contribution in [0.3, 0.4) is 0 Å². The highest BCUT2D eigenvalue weighted by Gasteiger charge is 2.32. The van der Waals surface area contributed by atoms with Crippen LogP contribution in [0.25, 0.3) is 0 Å². The quantitative estimate of drug-likeness (QED) is 0.862. The van der Waals surface area contributed by atoms with Crippen molar-refractivity contribution in [3.05, 3.63) is 0 Å². The number of likely N-dealkylation sites (tertiary alicyclic amines) is 1. The molecule has 0 spiro atoms. The molecule has 1 atom stereocenters. The molecule has 2 rings (SSSR count). The number of hydrogen-bond donors (Lipinski definition) is 1. The topological polar surface area (TPSA) is 55.6 Å². The van der Waals surface area contributed by atoms with Crippen molar-refractivity contribution in [3.8, 4) is 0 Å². The Bertz CT molecular complexity index is 313. The van der Waals surface area contributed by atoms with Crippen LogP contribution in [0.15, 0.2) is 0 Å². The van der Waals surface area contributed by atoms with Gasteiger partial charge in [0.2, 0.25) is 0 Å². The van der Waals surface area contributed by atoms with Crippen LogP contribution in [0.1, 0.15) is 66.7 Å². The number of amides is 1. The van der Waals surface area contributed by atoms with E-state index in [1.165, 1.54) is 12.8 Å². The first-order valence-corrected chi connectivity index (χ1v) is 8.58. The molecule has 2 N–H and O–H groups in total. The number of nitrogens with two attached hydrogens (primary N) is 1. The number of ether oxygens (including phenoxy) is 1. The summed E-state index contributed by atoms with van der Waals surface area (Å²) in [4.78, 5) is 13.8. The van der Waals surface area contributed by atoms with E-state index in [4.69, 9.17) is 10.5 Å². The Kier molecular flexibility index (Phi) is 6.98. The smallest absolute Gasteiger partial charge is 0.410 e. The molecule has 1 unspecified atom stereocenters. The number of piperidine rings is 1. The van der Waals surface area contributed by atoms with Crippen molar-refractivity contribution in [2.75, 3.05) is 13.1 Å². The minimum absolute atomic E-state index is 0.169. The molecule has 1 aliphatic heterocycles. The van der Waals surface area contributed by atoms with E-state index in [9.17, 15) is 4.79 Å². The molecule has 21 heavy (non-hydrogen) atoms. The zero-order chi connectivity index (χ0) is 16.0. The molecule has 1 aliphatic carbocycles. The first-order valence-electron chi connectivity index (χ1n) is 8.58. The van der Waals surface area contributed by atoms with Crippen molar-refractivity contribution in [1.29, 1.82) is 0 Å². The minimum Gasteiger partial charge on any atom is -0.444 e. The molecule has 4 nitrogen and oxygen atoms in total. The highest BCUT2D eigenvalue weighted by atomic mass is 16.6. The van der Waals surface area contributed by atoms with E-state index >= 15 is 0 Å². The summed E-state index contributed by atoms with van der Waals surface area (Å²) in [6.07, 6.45) is 5.74. The molecule has 124 valence electrons. The fraction of sp³-hybridized carbons (Fsp3) is 0.941. The van der Waals surface area contributed by atoms with Crippen molar-refractivity contribution >= 4 is 6.09 Å². The third kappa shape index (κ3) is 6.68. The Labute approximate surface area is 130 Å². The summed E-state index contributed by atoms with van der Waals surface area (Å²) < 4.78 is 5.40. The maximum atomic E-state index is 11.9. The molecule has 0 bridgehead atoms. The average Bonchev–Trinajstić information content (AvgIpc) is 3.24. The minimum atomic E-state index is -0.401. The largest absolute Gasteiger partial charge is 0.444 e. The molecule has 1 heterocycles. The molecule has 2 fully saturated rings. The first kappa shape index (κ1) is 18.3. The molecule has 1 saturated heterocycles. The van der Waals surface area contributed by atoms with E-state index in [0.29, 0.717) is 12.0 Å². The van der Waals surface area contributed by atoms with Crippen molar-refractivity contribution in [2.45, 2.75) is 78.4 Å². The van der Waals surface area contributed by atoms with Gasteiger partial charge >= 0.3 is 6.09 Å². The van der Waals surface area contributed by atoms with Crippen LogP contribution < -0.4 is 5.73 Å². The lowest BCUT2D eigenvalue weighted by Gasteiger charge is -2.34. The molecule has 2 aliphatic rings. The maximum Gasteiger partial charge on any atom is 0.410 e. The third-order valence-corrected chi connectivity index (χ3v) is 4.10. The summed E-state index contributed by atoms with van der Waals surface area (Å²) in [5.41, 5.74) is 5.78. The number of carbonyl (C=O) groups is 1. The van der Waals surface area contributed by atoms with Gasteiger partial charge in [0.1, 0.15) is 5.60 Å². The fourth-order valence-corrected chi connectivity index (χ4v) is 2.78. The molecular formula is C17H34N2O2. The second-order valence-electron chi connectivity index (χ2n) is 7.15. The Morgan fingerprint density at radius 2 is 1.71 bits per heavy atom. The van der Waals surface area contributed by atoms with Gasteiger partial charge in [0.15, 0.2) is 0 Å². The highest BCUT2D eigenvalue weighted by molar-refractivity contribution is 5.68. The Morgan fingerprint density at radius 3 is 2.14 bits per heavy atom. The summed E-state index contributed by atoms with van der Waals surface area (Å²) in [6.45, 7) is 11.4. The summed E-state index contributed by atoms with van der Waals surface area (Å²) >= 11 is 0. The van der Waals surface area contributed by atoms with E-state index in [1.807, 2.05) is 39.5 Å². The lowest BCUT2D eigenvalue weighted by atomic mass is 9.89. The molecule has 1 amide bonds. The summed E-state index contributed by atoms with van der Waals surface area (Å²) in [5, 5.41) is 0. The number of nitrogens with zero attached hydrogens (tertiary/aromatic N) is 1. The van der Waals surface area contributed by atoms with Crippen molar-refractivity contribution in [1.82, 2.24) is 4.90 Å². The molecule has 0 radical (unpaired) electrons. The van der Waals surface area contributed by atoms with Crippen LogP contribution in [-0.4, -0.2) is 35.7 Å². The molecule has 0 aromatic heterocycles. The zero-order valence-electron chi connectivity index (χ0n) is 14.5. The maximum absolute atomic E-state index is 11.9. The second-order valence-corrected chi connectivity index (χ2v) is 7.15. The zero-order valence-corrected chi connectivity index (χ0v) is 14.5. The van der Waals surface area contributed by atoms with Crippen LogP contribution in [0.2, 0.25) is 0 Å². The molecular weight excluding hydrogens is 264 g/mol. The third-order valence-electron chi connectivity index (χ3n) is 4.10. The normalized spacial score (nSPS) is 21.3. The van der Waals surface area contributed by atoms with Gasteiger partial charge in [0.25, 0.3) is 0 Å². The Hall–Kier alpha value is -0.770. The number of rotatable bonds is 3. The predicted molar refractivity (Wildman–Crippen MR) is 87.2 cm³/mol. The van der Waals surface area contributed by atoms with Gasteiger partial charge in [-0.15, -0.1) is 0 Å². The van der Waals surface area contributed by atoms with Gasteiger partial charge in [-0.2, -0.15) is 0 Å². The van der Waals surface area contributed by atoms with Gasteiger partial charge in [0.05, 0.1) is 0 Å². The molecule has 0 aromatic carbocycles. The van der Waals surface area contributed by atoms with Crippen molar-refractivity contribution in [2.24, 2.45) is 17.6 Å². The number of hydrogen-bond acceptors (Lipinski definition) is 3. The monoisotopic (exact) mass is 298 g/mol. The molecule has 4 heteroatoms. The van der Waals surface area contributed by atoms with Crippen molar-refractivity contribution in [3.63, 3.8) is 0 Å². The van der Waals surface area contributed by atoms with E-state index in [-0.39, 0.29) is 6.09 Å². The van der Waals surface area contributed by atoms with Crippen LogP contribution in [-0.2, 0) is 4.74 Å². The lowest BCUT2D eigenvalue weighted by molar-refractivity contribution is 0.0178. The van der Waals surface area contributed by atoms with Crippen LogP contribution in [0.4, 0.5) is 4.79 Å². The van der Waals surface area contributed by atoms with Crippen LogP contribution >= 0.6 is 0 Å². The van der Waals surface area contributed by atoms with Gasteiger partial charge in [-0.25, -0.2) is 4.79 Å². The summed E-state index contributed by atoms with van der Waals surface area (Å²) in [7, 11) is 0. The summed E-state index contributed by atoms with van der Waals surface area (Å²) in [5.74, 6) is 1.47. The Morgan fingerprint density at radius 1 is 1.19 bits per heavy atom. The van der Waals surface area contributed by atoms with Gasteiger partial charge < -0.3 is 15.4 Å².